The Hall–Kier alpha value is -0.0957. The van der Waals surface area contributed by atoms with E-state index in [2.05, 4.69) is 134 Å². The maximum absolute atomic E-state index is 5.79. The number of rotatable bonds is 13. The standard InChI is InChI=1S/C23H44NP.C12H22.Ti/c1-10-17-21(4,5)25(22(6,7)18-11-2,23(8,9)19-12-3)24-20-15-13-14-16-20;1-9(2)7-11(5)12(6)8-10(3)4;/h13-15H,10-12,16-19H2,1-9H3;7-10H,1-6H3;. The fourth-order valence-electron chi connectivity index (χ4n) is 7.15. The first-order valence-electron chi connectivity index (χ1n) is 15.3. The van der Waals surface area contributed by atoms with Crippen molar-refractivity contribution in [1.82, 2.24) is 0 Å². The minimum absolute atomic E-state index is 0. The summed E-state index contributed by atoms with van der Waals surface area (Å²) in [7, 11) is -1.69. The van der Waals surface area contributed by atoms with Crippen molar-refractivity contribution in [3.05, 3.63) is 47.2 Å². The molecule has 1 rings (SSSR count). The molecule has 1 aliphatic rings. The molecule has 1 aliphatic carbocycles. The SMILES string of the molecule is CC(=CC(C)C)C(C)=CC(C)C.CCCC(C)(C)P(=NC1=CC=CC1)(C(C)(C)CCC)C(C)(C)CCC.[Ti]. The van der Waals surface area contributed by atoms with Gasteiger partial charge in [0, 0.05) is 49.3 Å². The Labute approximate surface area is 255 Å². The summed E-state index contributed by atoms with van der Waals surface area (Å²) < 4.78 is 5.79. The molecular weight excluding hydrogens is 513 g/mol. The largest absolute Gasteiger partial charge is 0.270 e. The smallest absolute Gasteiger partial charge is 0.0425 e. The second kappa shape index (κ2) is 17.7. The van der Waals surface area contributed by atoms with Crippen molar-refractivity contribution in [2.75, 3.05) is 0 Å². The van der Waals surface area contributed by atoms with Crippen LogP contribution in [0.2, 0.25) is 0 Å². The van der Waals surface area contributed by atoms with Crippen LogP contribution in [0.1, 0.15) is 149 Å². The Morgan fingerprint density at radius 2 is 1.11 bits per heavy atom. The van der Waals surface area contributed by atoms with E-state index in [0.717, 1.165) is 6.42 Å². The Balaban J connectivity index is 0. The molecule has 3 heteroatoms. The van der Waals surface area contributed by atoms with Gasteiger partial charge in [0.1, 0.15) is 0 Å². The molecule has 0 radical (unpaired) electrons. The Morgan fingerprint density at radius 1 is 0.763 bits per heavy atom. The fraction of sp³-hybridized carbons (Fsp3) is 0.771. The molecule has 0 saturated heterocycles. The minimum Gasteiger partial charge on any atom is -0.270 e. The third-order valence-electron chi connectivity index (χ3n) is 8.03. The number of nitrogens with zero attached hydrogens (tertiary/aromatic N) is 1. The topological polar surface area (TPSA) is 12.4 Å². The van der Waals surface area contributed by atoms with Gasteiger partial charge in [-0.25, -0.2) is 0 Å². The average molecular weight is 580 g/mol. The second-order valence-electron chi connectivity index (χ2n) is 13.9. The monoisotopic (exact) mass is 579 g/mol. The van der Waals surface area contributed by atoms with Crippen molar-refractivity contribution < 1.29 is 21.7 Å². The second-order valence-corrected chi connectivity index (χ2v) is 19.0. The molecular formula is C35H66NPTi. The zero-order chi connectivity index (χ0) is 29.1. The number of hydrogen-bond donors (Lipinski definition) is 0. The average Bonchev–Trinajstić information content (AvgIpc) is 3.24. The molecule has 0 aromatic rings. The molecule has 0 fully saturated rings. The van der Waals surface area contributed by atoms with Gasteiger partial charge in [-0.15, -0.1) is 0 Å². The summed E-state index contributed by atoms with van der Waals surface area (Å²) >= 11 is 0. The van der Waals surface area contributed by atoms with Crippen LogP contribution in [0.3, 0.4) is 0 Å². The van der Waals surface area contributed by atoms with Crippen molar-refractivity contribution in [2.45, 2.75) is 164 Å². The van der Waals surface area contributed by atoms with Gasteiger partial charge in [0.25, 0.3) is 0 Å². The van der Waals surface area contributed by atoms with Crippen molar-refractivity contribution in [1.29, 1.82) is 0 Å². The van der Waals surface area contributed by atoms with Crippen LogP contribution >= 0.6 is 7.05 Å². The third-order valence-corrected chi connectivity index (χ3v) is 14.5. The normalized spacial score (nSPS) is 15.3. The predicted molar refractivity (Wildman–Crippen MR) is 175 cm³/mol. The summed E-state index contributed by atoms with van der Waals surface area (Å²) in [5, 5.41) is 0.799. The van der Waals surface area contributed by atoms with Crippen molar-refractivity contribution in [2.24, 2.45) is 16.6 Å². The van der Waals surface area contributed by atoms with E-state index < -0.39 is 7.05 Å². The molecule has 0 aliphatic heterocycles. The quantitative estimate of drug-likeness (QED) is 0.117. The third kappa shape index (κ3) is 11.1. The molecule has 0 saturated carbocycles. The van der Waals surface area contributed by atoms with Gasteiger partial charge in [0.2, 0.25) is 0 Å². The van der Waals surface area contributed by atoms with Gasteiger partial charge < -0.3 is 0 Å². The predicted octanol–water partition coefficient (Wildman–Crippen LogP) is 13.0. The Kier molecular flexibility index (Phi) is 18.6. The summed E-state index contributed by atoms with van der Waals surface area (Å²) in [4.78, 5) is 0. The van der Waals surface area contributed by atoms with E-state index >= 15 is 0 Å². The van der Waals surface area contributed by atoms with Gasteiger partial charge >= 0.3 is 0 Å². The van der Waals surface area contributed by atoms with Crippen LogP contribution in [0.15, 0.2) is 52.0 Å². The van der Waals surface area contributed by atoms with E-state index in [1.807, 2.05) is 0 Å². The van der Waals surface area contributed by atoms with Gasteiger partial charge in [-0.2, -0.15) is 0 Å². The zero-order valence-electron chi connectivity index (χ0n) is 28.4. The first-order valence-corrected chi connectivity index (χ1v) is 17.0. The van der Waals surface area contributed by atoms with Crippen LogP contribution in [-0.4, -0.2) is 15.5 Å². The summed E-state index contributed by atoms with van der Waals surface area (Å²) in [6.07, 6.45) is 19.9. The first kappa shape index (κ1) is 40.0. The summed E-state index contributed by atoms with van der Waals surface area (Å²) in [6.45, 7) is 35.5. The van der Waals surface area contributed by atoms with E-state index in [0.29, 0.717) is 11.8 Å². The van der Waals surface area contributed by atoms with E-state index in [-0.39, 0.29) is 37.2 Å². The van der Waals surface area contributed by atoms with E-state index in [1.165, 1.54) is 55.4 Å². The van der Waals surface area contributed by atoms with Crippen LogP contribution in [0.4, 0.5) is 0 Å². The Bertz CT molecular complexity index is 788. The Morgan fingerprint density at radius 3 is 1.34 bits per heavy atom. The molecule has 0 amide bonds. The molecule has 0 atom stereocenters. The summed E-state index contributed by atoms with van der Waals surface area (Å²) in [5.74, 6) is 1.31. The molecule has 0 heterocycles. The molecule has 220 valence electrons. The fourth-order valence-corrected chi connectivity index (χ4v) is 15.1. The van der Waals surface area contributed by atoms with Crippen molar-refractivity contribution >= 4 is 7.05 Å². The first-order chi connectivity index (χ1) is 16.9. The zero-order valence-corrected chi connectivity index (χ0v) is 30.8. The molecule has 0 aromatic heterocycles. The van der Waals surface area contributed by atoms with Crippen LogP contribution < -0.4 is 0 Å². The van der Waals surface area contributed by atoms with Gasteiger partial charge in [-0.3, -0.25) is 4.74 Å². The molecule has 0 N–H and O–H groups in total. The van der Waals surface area contributed by atoms with Crippen LogP contribution in [-0.2, 0) is 21.7 Å². The molecule has 0 aromatic carbocycles. The molecule has 0 spiro atoms. The molecule has 1 nitrogen and oxygen atoms in total. The van der Waals surface area contributed by atoms with Gasteiger partial charge in [0.15, 0.2) is 0 Å². The van der Waals surface area contributed by atoms with Crippen LogP contribution in [0.25, 0.3) is 0 Å². The van der Waals surface area contributed by atoms with Crippen LogP contribution in [0.5, 0.6) is 0 Å². The maximum atomic E-state index is 5.79. The molecule has 38 heavy (non-hydrogen) atoms. The molecule has 0 unspecified atom stereocenters. The van der Waals surface area contributed by atoms with Crippen molar-refractivity contribution in [3.8, 4) is 0 Å². The van der Waals surface area contributed by atoms with Crippen LogP contribution in [0, 0.1) is 11.8 Å². The summed E-state index contributed by atoms with van der Waals surface area (Å²) in [6, 6.07) is 0. The number of hydrogen-bond acceptors (Lipinski definition) is 1. The van der Waals surface area contributed by atoms with Gasteiger partial charge in [-0.1, -0.05) is 145 Å². The van der Waals surface area contributed by atoms with E-state index in [4.69, 9.17) is 4.74 Å². The minimum atomic E-state index is -1.69. The van der Waals surface area contributed by atoms with Gasteiger partial charge in [-0.05, 0) is 58.1 Å². The number of allylic oxidation sites excluding steroid dienone is 7. The van der Waals surface area contributed by atoms with Gasteiger partial charge in [0.05, 0.1) is 0 Å². The van der Waals surface area contributed by atoms with E-state index in [9.17, 15) is 0 Å². The molecule has 0 bridgehead atoms. The summed E-state index contributed by atoms with van der Waals surface area (Å²) in [5.41, 5.74) is 4.16. The van der Waals surface area contributed by atoms with E-state index in [1.54, 1.807) is 0 Å². The maximum Gasteiger partial charge on any atom is 0.0425 e. The van der Waals surface area contributed by atoms with Crippen molar-refractivity contribution in [3.63, 3.8) is 0 Å².